The molecule has 1 aromatic carbocycles. The molecule has 0 aliphatic heterocycles. The molecular weight excluding hydrogens is 288 g/mol. The van der Waals surface area contributed by atoms with Gasteiger partial charge in [0.15, 0.2) is 0 Å². The number of pyridine rings is 1. The lowest BCUT2D eigenvalue weighted by atomic mass is 10.3. The summed E-state index contributed by atoms with van der Waals surface area (Å²) in [6.07, 6.45) is 2.04. The normalized spacial score (nSPS) is 11.1. The molecule has 0 fully saturated rings. The summed E-state index contributed by atoms with van der Waals surface area (Å²) >= 11 is 0. The molecule has 0 saturated heterocycles. The van der Waals surface area contributed by atoms with E-state index in [9.17, 15) is 8.42 Å². The Morgan fingerprint density at radius 3 is 2.52 bits per heavy atom. The van der Waals surface area contributed by atoms with E-state index in [0.717, 1.165) is 5.69 Å². The van der Waals surface area contributed by atoms with Crippen molar-refractivity contribution in [2.45, 2.75) is 13.3 Å². The maximum absolute atomic E-state index is 12.0. The van der Waals surface area contributed by atoms with Crippen LogP contribution in [-0.4, -0.2) is 25.8 Å². The zero-order valence-electron chi connectivity index (χ0n) is 11.8. The Morgan fingerprint density at radius 1 is 1.14 bits per heavy atom. The molecule has 0 unspecified atom stereocenters. The van der Waals surface area contributed by atoms with E-state index in [0.29, 0.717) is 24.5 Å². The number of nitrogens with zero attached hydrogens (tertiary/aromatic N) is 1. The predicted molar refractivity (Wildman–Crippen MR) is 83.0 cm³/mol. The molecule has 0 atom stereocenters. The third-order valence-corrected chi connectivity index (χ3v) is 4.08. The molecule has 0 saturated carbocycles. The number of rotatable bonds is 7. The van der Waals surface area contributed by atoms with Gasteiger partial charge in [0, 0.05) is 24.0 Å². The van der Waals surface area contributed by atoms with Gasteiger partial charge in [-0.2, -0.15) is 0 Å². The fraction of sp³-hybridized carbons (Fsp3) is 0.267. The Morgan fingerprint density at radius 2 is 1.90 bits per heavy atom. The minimum atomic E-state index is -3.39. The molecule has 0 radical (unpaired) electrons. The highest BCUT2D eigenvalue weighted by atomic mass is 32.2. The van der Waals surface area contributed by atoms with Crippen LogP contribution in [0.3, 0.4) is 0 Å². The maximum atomic E-state index is 12.0. The fourth-order valence-corrected chi connectivity index (χ4v) is 2.88. The van der Waals surface area contributed by atoms with Gasteiger partial charge in [-0.3, -0.25) is 9.71 Å². The van der Waals surface area contributed by atoms with Gasteiger partial charge in [0.1, 0.15) is 5.75 Å². The Labute approximate surface area is 125 Å². The van der Waals surface area contributed by atoms with Crippen molar-refractivity contribution in [2.24, 2.45) is 0 Å². The molecule has 112 valence electrons. The highest BCUT2D eigenvalue weighted by Gasteiger charge is 2.11. The van der Waals surface area contributed by atoms with Crippen molar-refractivity contribution in [3.63, 3.8) is 0 Å². The van der Waals surface area contributed by atoms with Gasteiger partial charge in [-0.25, -0.2) is 8.42 Å². The van der Waals surface area contributed by atoms with Crippen LogP contribution in [0.5, 0.6) is 5.75 Å². The highest BCUT2D eigenvalue weighted by Crippen LogP contribution is 2.16. The maximum Gasteiger partial charge on any atom is 0.233 e. The van der Waals surface area contributed by atoms with Crippen LogP contribution >= 0.6 is 0 Å². The van der Waals surface area contributed by atoms with E-state index in [4.69, 9.17) is 4.74 Å². The topological polar surface area (TPSA) is 68.3 Å². The van der Waals surface area contributed by atoms with E-state index in [1.54, 1.807) is 36.5 Å². The number of aryl methyl sites for hydroxylation is 1. The van der Waals surface area contributed by atoms with Gasteiger partial charge in [0.2, 0.25) is 10.0 Å². The number of nitrogens with one attached hydrogen (secondary N) is 1. The van der Waals surface area contributed by atoms with Crippen molar-refractivity contribution in [2.75, 3.05) is 17.1 Å². The van der Waals surface area contributed by atoms with Crippen LogP contribution in [-0.2, 0) is 16.4 Å². The summed E-state index contributed by atoms with van der Waals surface area (Å²) in [5, 5.41) is 0. The van der Waals surface area contributed by atoms with Crippen LogP contribution in [0.25, 0.3) is 0 Å². The minimum Gasteiger partial charge on any atom is -0.494 e. The summed E-state index contributed by atoms with van der Waals surface area (Å²) in [6, 6.07) is 12.3. The number of benzene rings is 1. The van der Waals surface area contributed by atoms with Crippen molar-refractivity contribution in [3.05, 3.63) is 54.4 Å². The van der Waals surface area contributed by atoms with Crippen LogP contribution < -0.4 is 9.46 Å². The Kier molecular flexibility index (Phi) is 5.16. The van der Waals surface area contributed by atoms with E-state index >= 15 is 0 Å². The van der Waals surface area contributed by atoms with E-state index in [2.05, 4.69) is 9.71 Å². The zero-order valence-corrected chi connectivity index (χ0v) is 12.6. The van der Waals surface area contributed by atoms with Crippen LogP contribution in [0.1, 0.15) is 12.6 Å². The number of ether oxygens (including phenoxy) is 1. The summed E-state index contributed by atoms with van der Waals surface area (Å²) < 4.78 is 31.9. The molecule has 0 bridgehead atoms. The third-order valence-electron chi connectivity index (χ3n) is 2.79. The lowest BCUT2D eigenvalue weighted by Crippen LogP contribution is -2.18. The van der Waals surface area contributed by atoms with Crippen LogP contribution in [0, 0.1) is 0 Å². The minimum absolute atomic E-state index is 0.00275. The van der Waals surface area contributed by atoms with Crippen molar-refractivity contribution >= 4 is 15.7 Å². The van der Waals surface area contributed by atoms with Crippen LogP contribution in [0.15, 0.2) is 48.7 Å². The molecule has 1 heterocycles. The summed E-state index contributed by atoms with van der Waals surface area (Å²) in [7, 11) is -3.39. The molecular formula is C15H18N2O3S. The lowest BCUT2D eigenvalue weighted by Gasteiger charge is -2.09. The van der Waals surface area contributed by atoms with Gasteiger partial charge in [-0.05, 0) is 43.3 Å². The third kappa shape index (κ3) is 5.07. The number of anilines is 1. The van der Waals surface area contributed by atoms with Crippen LogP contribution in [0.2, 0.25) is 0 Å². The zero-order chi connectivity index (χ0) is 15.1. The smallest absolute Gasteiger partial charge is 0.233 e. The molecule has 2 aromatic rings. The highest BCUT2D eigenvalue weighted by molar-refractivity contribution is 7.92. The molecule has 0 aliphatic rings. The number of aromatic nitrogens is 1. The molecule has 1 N–H and O–H groups in total. The fourth-order valence-electron chi connectivity index (χ4n) is 1.80. The van der Waals surface area contributed by atoms with Gasteiger partial charge < -0.3 is 4.74 Å². The molecule has 5 nitrogen and oxygen atoms in total. The number of hydrogen-bond acceptors (Lipinski definition) is 4. The van der Waals surface area contributed by atoms with E-state index in [1.807, 2.05) is 19.1 Å². The van der Waals surface area contributed by atoms with E-state index in [-0.39, 0.29) is 5.75 Å². The van der Waals surface area contributed by atoms with Crippen molar-refractivity contribution in [3.8, 4) is 5.75 Å². The van der Waals surface area contributed by atoms with Gasteiger partial charge in [-0.15, -0.1) is 0 Å². The standard InChI is InChI=1S/C15H18N2O3S/c1-2-20-15-8-6-14(7-9-15)17-21(18,19)12-10-13-5-3-4-11-16-13/h3-9,11,17H,2,10,12H2,1H3. The molecule has 1 aromatic heterocycles. The second-order valence-corrected chi connectivity index (χ2v) is 6.29. The molecule has 21 heavy (non-hydrogen) atoms. The van der Waals surface area contributed by atoms with Gasteiger partial charge in [0.05, 0.1) is 12.4 Å². The summed E-state index contributed by atoms with van der Waals surface area (Å²) in [6.45, 7) is 2.48. The first-order chi connectivity index (χ1) is 10.1. The largest absolute Gasteiger partial charge is 0.494 e. The molecule has 2 rings (SSSR count). The number of hydrogen-bond donors (Lipinski definition) is 1. The van der Waals surface area contributed by atoms with E-state index in [1.165, 1.54) is 0 Å². The summed E-state index contributed by atoms with van der Waals surface area (Å²) in [5.74, 6) is 0.714. The SMILES string of the molecule is CCOc1ccc(NS(=O)(=O)CCc2ccccn2)cc1. The monoisotopic (exact) mass is 306 g/mol. The first-order valence-electron chi connectivity index (χ1n) is 6.72. The van der Waals surface area contributed by atoms with Crippen molar-refractivity contribution in [1.82, 2.24) is 4.98 Å². The Bertz CT molecular complexity index is 655. The van der Waals surface area contributed by atoms with Crippen LogP contribution in [0.4, 0.5) is 5.69 Å². The second kappa shape index (κ2) is 7.08. The summed E-state index contributed by atoms with van der Waals surface area (Å²) in [5.41, 5.74) is 1.29. The quantitative estimate of drug-likeness (QED) is 0.853. The Balaban J connectivity index is 1.94. The average molecular weight is 306 g/mol. The van der Waals surface area contributed by atoms with Crippen molar-refractivity contribution in [1.29, 1.82) is 0 Å². The van der Waals surface area contributed by atoms with Crippen molar-refractivity contribution < 1.29 is 13.2 Å². The molecule has 0 amide bonds. The second-order valence-electron chi connectivity index (χ2n) is 4.45. The number of sulfonamides is 1. The van der Waals surface area contributed by atoms with Gasteiger partial charge >= 0.3 is 0 Å². The lowest BCUT2D eigenvalue weighted by molar-refractivity contribution is 0.340. The molecule has 0 spiro atoms. The van der Waals surface area contributed by atoms with E-state index < -0.39 is 10.0 Å². The average Bonchev–Trinajstić information content (AvgIpc) is 2.48. The molecule has 6 heteroatoms. The first-order valence-corrected chi connectivity index (χ1v) is 8.37. The summed E-state index contributed by atoms with van der Waals surface area (Å²) in [4.78, 5) is 4.11. The first kappa shape index (κ1) is 15.3. The van der Waals surface area contributed by atoms with Gasteiger partial charge in [-0.1, -0.05) is 6.07 Å². The van der Waals surface area contributed by atoms with Gasteiger partial charge in [0.25, 0.3) is 0 Å². The predicted octanol–water partition coefficient (Wildman–Crippen LogP) is 2.46. The Hall–Kier alpha value is -2.08. The molecule has 0 aliphatic carbocycles.